The Hall–Kier alpha value is -2.38. The van der Waals surface area contributed by atoms with Gasteiger partial charge in [0.05, 0.1) is 35.4 Å². The maximum absolute atomic E-state index is 12.8. The number of nitriles is 1. The molecule has 28 heavy (non-hydrogen) atoms. The third kappa shape index (κ3) is 4.54. The van der Waals surface area contributed by atoms with Gasteiger partial charge in [0, 0.05) is 12.1 Å². The van der Waals surface area contributed by atoms with Crippen LogP contribution < -0.4 is 10.9 Å². The van der Waals surface area contributed by atoms with Crippen molar-refractivity contribution in [3.05, 3.63) is 50.6 Å². The van der Waals surface area contributed by atoms with Crippen LogP contribution >= 0.6 is 34.7 Å². The Balaban J connectivity index is 1.85. The second-order valence-electron chi connectivity index (χ2n) is 5.62. The first-order valence-corrected chi connectivity index (χ1v) is 10.4. The number of benzene rings is 1. The molecule has 0 fully saturated rings. The number of carbonyl (C=O) groups excluding carboxylic acids is 1. The normalized spacial score (nSPS) is 10.8. The van der Waals surface area contributed by atoms with Crippen LogP contribution in [0.25, 0.3) is 10.9 Å². The second kappa shape index (κ2) is 9.21. The van der Waals surface area contributed by atoms with E-state index in [-0.39, 0.29) is 17.2 Å². The van der Waals surface area contributed by atoms with Gasteiger partial charge in [0.15, 0.2) is 5.16 Å². The summed E-state index contributed by atoms with van der Waals surface area (Å²) >= 11 is 8.43. The summed E-state index contributed by atoms with van der Waals surface area (Å²) in [6.45, 7) is 0.648. The number of anilines is 1. The van der Waals surface area contributed by atoms with Crippen molar-refractivity contribution in [3.8, 4) is 6.07 Å². The molecule has 1 N–H and O–H groups in total. The Morgan fingerprint density at radius 2 is 2.29 bits per heavy atom. The minimum Gasteiger partial charge on any atom is -0.383 e. The lowest BCUT2D eigenvalue weighted by Gasteiger charge is -2.13. The molecule has 0 aliphatic carbocycles. The van der Waals surface area contributed by atoms with Crippen LogP contribution in [-0.4, -0.2) is 34.9 Å². The van der Waals surface area contributed by atoms with Crippen molar-refractivity contribution >= 4 is 56.5 Å². The molecule has 0 radical (unpaired) electrons. The molecule has 0 unspecified atom stereocenters. The molecule has 2 heterocycles. The highest BCUT2D eigenvalue weighted by molar-refractivity contribution is 7.99. The van der Waals surface area contributed by atoms with E-state index in [0.29, 0.717) is 44.8 Å². The Kier molecular flexibility index (Phi) is 6.70. The number of hydrogen-bond donors (Lipinski definition) is 1. The summed E-state index contributed by atoms with van der Waals surface area (Å²) in [6.07, 6.45) is 0. The van der Waals surface area contributed by atoms with Gasteiger partial charge in [-0.3, -0.25) is 14.2 Å². The molecule has 7 nitrogen and oxygen atoms in total. The van der Waals surface area contributed by atoms with Crippen LogP contribution in [0.15, 0.2) is 39.6 Å². The van der Waals surface area contributed by atoms with E-state index in [1.165, 1.54) is 15.9 Å². The number of methoxy groups -OCH3 is 1. The molecule has 1 aromatic carbocycles. The third-order valence-electron chi connectivity index (χ3n) is 3.77. The summed E-state index contributed by atoms with van der Waals surface area (Å²) in [5.74, 6) is -0.253. The molecule has 0 atom stereocenters. The zero-order chi connectivity index (χ0) is 20.1. The largest absolute Gasteiger partial charge is 0.383 e. The Morgan fingerprint density at radius 1 is 1.46 bits per heavy atom. The number of hydrogen-bond acceptors (Lipinski definition) is 7. The number of nitrogens with zero attached hydrogens (tertiary/aromatic N) is 3. The SMILES string of the molecule is COCCn1c(SCC(=O)Nc2sccc2C#N)nc2cc(Cl)ccc2c1=O. The lowest BCUT2D eigenvalue weighted by atomic mass is 10.2. The van der Waals surface area contributed by atoms with E-state index in [9.17, 15) is 9.59 Å². The highest BCUT2D eigenvalue weighted by Crippen LogP contribution is 2.24. The van der Waals surface area contributed by atoms with Crippen molar-refractivity contribution in [1.29, 1.82) is 5.26 Å². The number of thioether (sulfide) groups is 1. The van der Waals surface area contributed by atoms with Crippen LogP contribution in [0.4, 0.5) is 5.00 Å². The summed E-state index contributed by atoms with van der Waals surface area (Å²) in [5.41, 5.74) is 0.671. The zero-order valence-corrected chi connectivity index (χ0v) is 17.2. The van der Waals surface area contributed by atoms with E-state index in [4.69, 9.17) is 21.6 Å². The molecule has 0 saturated heterocycles. The van der Waals surface area contributed by atoms with Gasteiger partial charge >= 0.3 is 0 Å². The van der Waals surface area contributed by atoms with Crippen molar-refractivity contribution in [3.63, 3.8) is 0 Å². The highest BCUT2D eigenvalue weighted by atomic mass is 35.5. The molecule has 1 amide bonds. The van der Waals surface area contributed by atoms with Crippen molar-refractivity contribution in [2.75, 3.05) is 24.8 Å². The topological polar surface area (TPSA) is 97.0 Å². The lowest BCUT2D eigenvalue weighted by Crippen LogP contribution is -2.26. The van der Waals surface area contributed by atoms with E-state index in [0.717, 1.165) is 11.8 Å². The van der Waals surface area contributed by atoms with Crippen LogP contribution in [0.2, 0.25) is 5.02 Å². The number of fused-ring (bicyclic) bond motifs is 1. The Morgan fingerprint density at radius 3 is 3.04 bits per heavy atom. The second-order valence-corrected chi connectivity index (χ2v) is 7.91. The van der Waals surface area contributed by atoms with Crippen molar-refractivity contribution in [2.45, 2.75) is 11.7 Å². The number of thiophene rings is 1. The molecule has 0 bridgehead atoms. The predicted molar refractivity (Wildman–Crippen MR) is 111 cm³/mol. The average molecular weight is 435 g/mol. The summed E-state index contributed by atoms with van der Waals surface area (Å²) in [5, 5.41) is 15.3. The van der Waals surface area contributed by atoms with Gasteiger partial charge in [-0.05, 0) is 29.6 Å². The quantitative estimate of drug-likeness (QED) is 0.452. The molecule has 0 aliphatic rings. The first-order chi connectivity index (χ1) is 13.5. The monoisotopic (exact) mass is 434 g/mol. The van der Waals surface area contributed by atoms with E-state index in [1.807, 2.05) is 6.07 Å². The third-order valence-corrected chi connectivity index (χ3v) is 5.81. The van der Waals surface area contributed by atoms with Gasteiger partial charge in [-0.15, -0.1) is 11.3 Å². The van der Waals surface area contributed by atoms with Gasteiger partial charge in [-0.1, -0.05) is 23.4 Å². The molecule has 0 aliphatic heterocycles. The van der Waals surface area contributed by atoms with E-state index in [1.54, 1.807) is 36.8 Å². The van der Waals surface area contributed by atoms with Crippen LogP contribution in [0.1, 0.15) is 5.56 Å². The molecule has 0 spiro atoms. The van der Waals surface area contributed by atoms with Gasteiger partial charge < -0.3 is 10.1 Å². The predicted octanol–water partition coefficient (Wildman–Crippen LogP) is 3.36. The van der Waals surface area contributed by atoms with Gasteiger partial charge in [0.2, 0.25) is 5.91 Å². The first kappa shape index (κ1) is 20.4. The average Bonchev–Trinajstić information content (AvgIpc) is 3.12. The Labute approximate surface area is 173 Å². The molecule has 3 rings (SSSR count). The molecule has 10 heteroatoms. The number of nitrogens with one attached hydrogen (secondary N) is 1. The van der Waals surface area contributed by atoms with E-state index < -0.39 is 0 Å². The number of ether oxygens (including phenoxy) is 1. The molecule has 3 aromatic rings. The van der Waals surface area contributed by atoms with Gasteiger partial charge in [-0.25, -0.2) is 4.98 Å². The van der Waals surface area contributed by atoms with Crippen molar-refractivity contribution in [2.24, 2.45) is 0 Å². The highest BCUT2D eigenvalue weighted by Gasteiger charge is 2.15. The summed E-state index contributed by atoms with van der Waals surface area (Å²) < 4.78 is 6.57. The number of rotatable bonds is 7. The van der Waals surface area contributed by atoms with E-state index in [2.05, 4.69) is 10.3 Å². The molecule has 0 saturated carbocycles. The maximum Gasteiger partial charge on any atom is 0.262 e. The molecular weight excluding hydrogens is 420 g/mol. The fraction of sp³-hybridized carbons (Fsp3) is 0.222. The standard InChI is InChI=1S/C18H15ClN4O3S2/c1-26-6-5-23-17(25)13-3-2-12(19)8-14(13)21-18(23)28-10-15(24)22-16-11(9-20)4-7-27-16/h2-4,7-8H,5-6,10H2,1H3,(H,22,24). The fourth-order valence-corrected chi connectivity index (χ4v) is 4.20. The first-order valence-electron chi connectivity index (χ1n) is 8.12. The summed E-state index contributed by atoms with van der Waals surface area (Å²) in [6, 6.07) is 8.56. The number of aromatic nitrogens is 2. The maximum atomic E-state index is 12.8. The molecule has 144 valence electrons. The zero-order valence-electron chi connectivity index (χ0n) is 14.8. The minimum atomic E-state index is -0.289. The smallest absolute Gasteiger partial charge is 0.262 e. The van der Waals surface area contributed by atoms with Crippen molar-refractivity contribution < 1.29 is 9.53 Å². The fourth-order valence-electron chi connectivity index (χ4n) is 2.45. The number of amides is 1. The van der Waals surface area contributed by atoms with Crippen LogP contribution in [-0.2, 0) is 16.1 Å². The van der Waals surface area contributed by atoms with Crippen LogP contribution in [0.3, 0.4) is 0 Å². The lowest BCUT2D eigenvalue weighted by molar-refractivity contribution is -0.113. The van der Waals surface area contributed by atoms with Crippen molar-refractivity contribution in [1.82, 2.24) is 9.55 Å². The van der Waals surface area contributed by atoms with Crippen LogP contribution in [0, 0.1) is 11.3 Å². The Bertz CT molecular complexity index is 1120. The van der Waals surface area contributed by atoms with Crippen LogP contribution in [0.5, 0.6) is 0 Å². The van der Waals surface area contributed by atoms with Gasteiger partial charge in [-0.2, -0.15) is 5.26 Å². The number of halogens is 1. The summed E-state index contributed by atoms with van der Waals surface area (Å²) in [4.78, 5) is 29.6. The number of carbonyl (C=O) groups is 1. The molecule has 2 aromatic heterocycles. The molecular formula is C18H15ClN4O3S2. The minimum absolute atomic E-state index is 0.0360. The van der Waals surface area contributed by atoms with E-state index >= 15 is 0 Å². The van der Waals surface area contributed by atoms with Gasteiger partial charge in [0.25, 0.3) is 5.56 Å². The van der Waals surface area contributed by atoms with Gasteiger partial charge in [0.1, 0.15) is 11.1 Å². The summed E-state index contributed by atoms with van der Waals surface area (Å²) in [7, 11) is 1.55.